The first-order chi connectivity index (χ1) is 8.13. The van der Waals surface area contributed by atoms with Crippen LogP contribution < -0.4 is 4.74 Å². The zero-order valence-corrected chi connectivity index (χ0v) is 9.48. The third kappa shape index (κ3) is 2.04. The van der Waals surface area contributed by atoms with Gasteiger partial charge in [0.2, 0.25) is 5.78 Å². The van der Waals surface area contributed by atoms with Crippen LogP contribution in [0.25, 0.3) is 0 Å². The van der Waals surface area contributed by atoms with Crippen molar-refractivity contribution in [1.82, 2.24) is 9.78 Å². The molecule has 0 radical (unpaired) electrons. The van der Waals surface area contributed by atoms with E-state index >= 15 is 0 Å². The minimum Gasteiger partial charge on any atom is -0.493 e. The second-order valence-electron chi connectivity index (χ2n) is 3.52. The first kappa shape index (κ1) is 11.3. The molecule has 0 saturated carbocycles. The Hall–Kier alpha value is -2.17. The van der Waals surface area contributed by atoms with E-state index in [2.05, 4.69) is 5.10 Å². The molecule has 0 saturated heterocycles. The molecule has 0 spiro atoms. The number of ketones is 1. The zero-order chi connectivity index (χ0) is 12.4. The lowest BCUT2D eigenvalue weighted by molar-refractivity contribution is 0.102. The molecule has 0 aliphatic rings. The largest absolute Gasteiger partial charge is 0.493 e. The Kier molecular flexibility index (Phi) is 2.91. The highest BCUT2D eigenvalue weighted by molar-refractivity contribution is 6.09. The second-order valence-corrected chi connectivity index (χ2v) is 3.52. The average molecular weight is 234 g/mol. The molecule has 4 nitrogen and oxygen atoms in total. The number of carbonyl (C=O) groups is 1. The molecular weight excluding hydrogens is 223 g/mol. The predicted molar refractivity (Wildman–Crippen MR) is 59.6 cm³/mol. The standard InChI is InChI=1S/C12H11FN2O2/c1-15-11(10(17-2)7-14-15)12(16)8-4-3-5-9(13)6-8/h3-7H,1-2H3. The Balaban J connectivity index is 2.47. The van der Waals surface area contributed by atoms with Crippen LogP contribution in [-0.4, -0.2) is 22.7 Å². The normalized spacial score (nSPS) is 10.3. The molecule has 88 valence electrons. The third-order valence-corrected chi connectivity index (χ3v) is 2.43. The number of ether oxygens (including phenoxy) is 1. The van der Waals surface area contributed by atoms with Gasteiger partial charge in [0.15, 0.2) is 11.4 Å². The van der Waals surface area contributed by atoms with Gasteiger partial charge in [-0.3, -0.25) is 9.48 Å². The Morgan fingerprint density at radius 2 is 2.24 bits per heavy atom. The average Bonchev–Trinajstić information content (AvgIpc) is 2.69. The van der Waals surface area contributed by atoms with E-state index in [-0.39, 0.29) is 11.3 Å². The number of hydrogen-bond acceptors (Lipinski definition) is 3. The smallest absolute Gasteiger partial charge is 0.214 e. The van der Waals surface area contributed by atoms with Gasteiger partial charge in [0.05, 0.1) is 13.3 Å². The van der Waals surface area contributed by atoms with E-state index in [4.69, 9.17) is 4.74 Å². The quantitative estimate of drug-likeness (QED) is 0.760. The van der Waals surface area contributed by atoms with Gasteiger partial charge in [-0.25, -0.2) is 4.39 Å². The summed E-state index contributed by atoms with van der Waals surface area (Å²) in [6.07, 6.45) is 1.45. The van der Waals surface area contributed by atoms with Crippen molar-refractivity contribution in [3.05, 3.63) is 47.5 Å². The number of methoxy groups -OCH3 is 1. The highest BCUT2D eigenvalue weighted by atomic mass is 19.1. The van der Waals surface area contributed by atoms with Gasteiger partial charge in [0.25, 0.3) is 0 Å². The van der Waals surface area contributed by atoms with E-state index in [1.807, 2.05) is 0 Å². The minimum atomic E-state index is -0.447. The Morgan fingerprint density at radius 1 is 1.47 bits per heavy atom. The maximum Gasteiger partial charge on any atom is 0.214 e. The molecule has 0 bridgehead atoms. The number of aryl methyl sites for hydroxylation is 1. The number of carbonyl (C=O) groups excluding carboxylic acids is 1. The molecule has 5 heteroatoms. The van der Waals surface area contributed by atoms with Gasteiger partial charge in [-0.2, -0.15) is 5.10 Å². The molecule has 0 unspecified atom stereocenters. The topological polar surface area (TPSA) is 44.1 Å². The summed E-state index contributed by atoms with van der Waals surface area (Å²) >= 11 is 0. The number of hydrogen-bond donors (Lipinski definition) is 0. The lowest BCUT2D eigenvalue weighted by Gasteiger charge is -2.04. The van der Waals surface area contributed by atoms with Gasteiger partial charge in [-0.15, -0.1) is 0 Å². The SMILES string of the molecule is COc1cnn(C)c1C(=O)c1cccc(F)c1. The summed E-state index contributed by atoms with van der Waals surface area (Å²) in [7, 11) is 3.09. The van der Waals surface area contributed by atoms with Gasteiger partial charge in [0, 0.05) is 12.6 Å². The van der Waals surface area contributed by atoms with Crippen molar-refractivity contribution < 1.29 is 13.9 Å². The molecule has 0 amide bonds. The predicted octanol–water partition coefficient (Wildman–Crippen LogP) is 1.80. The summed E-state index contributed by atoms with van der Waals surface area (Å²) in [4.78, 5) is 12.2. The van der Waals surface area contributed by atoms with Crippen LogP contribution in [0, 0.1) is 5.82 Å². The van der Waals surface area contributed by atoms with Gasteiger partial charge in [-0.1, -0.05) is 12.1 Å². The number of rotatable bonds is 3. The second kappa shape index (κ2) is 4.37. The van der Waals surface area contributed by atoms with E-state index in [1.54, 1.807) is 13.1 Å². The monoisotopic (exact) mass is 234 g/mol. The van der Waals surface area contributed by atoms with Crippen molar-refractivity contribution >= 4 is 5.78 Å². The Labute approximate surface area is 97.6 Å². The van der Waals surface area contributed by atoms with Crippen LogP contribution >= 0.6 is 0 Å². The Morgan fingerprint density at radius 3 is 2.88 bits per heavy atom. The van der Waals surface area contributed by atoms with Crippen LogP contribution in [0.4, 0.5) is 4.39 Å². The molecule has 0 aliphatic heterocycles. The molecule has 0 fully saturated rings. The summed E-state index contributed by atoms with van der Waals surface area (Å²) in [6.45, 7) is 0. The number of benzene rings is 1. The fourth-order valence-electron chi connectivity index (χ4n) is 1.59. The molecule has 0 atom stereocenters. The summed E-state index contributed by atoms with van der Waals surface area (Å²) < 4.78 is 19.5. The first-order valence-corrected chi connectivity index (χ1v) is 4.99. The van der Waals surface area contributed by atoms with Crippen molar-refractivity contribution in [2.75, 3.05) is 7.11 Å². The zero-order valence-electron chi connectivity index (χ0n) is 9.48. The van der Waals surface area contributed by atoms with Crippen molar-refractivity contribution in [3.63, 3.8) is 0 Å². The molecule has 1 heterocycles. The van der Waals surface area contributed by atoms with Crippen molar-refractivity contribution in [2.24, 2.45) is 7.05 Å². The number of halogens is 1. The maximum atomic E-state index is 13.0. The molecule has 0 N–H and O–H groups in total. The maximum absolute atomic E-state index is 13.0. The highest BCUT2D eigenvalue weighted by Gasteiger charge is 2.19. The van der Waals surface area contributed by atoms with E-state index in [1.165, 1.54) is 36.2 Å². The van der Waals surface area contributed by atoms with Gasteiger partial charge >= 0.3 is 0 Å². The number of aromatic nitrogens is 2. The van der Waals surface area contributed by atoms with Crippen LogP contribution in [0.15, 0.2) is 30.5 Å². The summed E-state index contributed by atoms with van der Waals surface area (Å²) in [5, 5.41) is 3.93. The number of nitrogens with zero attached hydrogens (tertiary/aromatic N) is 2. The van der Waals surface area contributed by atoms with E-state index in [0.29, 0.717) is 11.4 Å². The summed E-state index contributed by atoms with van der Waals surface area (Å²) in [6, 6.07) is 5.52. The van der Waals surface area contributed by atoms with Crippen molar-refractivity contribution in [3.8, 4) is 5.75 Å². The molecule has 2 rings (SSSR count). The van der Waals surface area contributed by atoms with Gasteiger partial charge in [-0.05, 0) is 12.1 Å². The highest BCUT2D eigenvalue weighted by Crippen LogP contribution is 2.20. The van der Waals surface area contributed by atoms with Crippen LogP contribution in [0.5, 0.6) is 5.75 Å². The first-order valence-electron chi connectivity index (χ1n) is 4.99. The van der Waals surface area contributed by atoms with Crippen LogP contribution in [0.3, 0.4) is 0 Å². The van der Waals surface area contributed by atoms with E-state index < -0.39 is 5.82 Å². The van der Waals surface area contributed by atoms with Crippen LogP contribution in [0.1, 0.15) is 16.1 Å². The van der Waals surface area contributed by atoms with E-state index in [0.717, 1.165) is 0 Å². The van der Waals surface area contributed by atoms with Crippen molar-refractivity contribution in [2.45, 2.75) is 0 Å². The molecule has 1 aromatic carbocycles. The van der Waals surface area contributed by atoms with Gasteiger partial charge < -0.3 is 4.74 Å². The van der Waals surface area contributed by atoms with Crippen LogP contribution in [0.2, 0.25) is 0 Å². The third-order valence-electron chi connectivity index (χ3n) is 2.43. The molecular formula is C12H11FN2O2. The minimum absolute atomic E-state index is 0.270. The van der Waals surface area contributed by atoms with Crippen LogP contribution in [-0.2, 0) is 7.05 Å². The molecule has 1 aromatic heterocycles. The van der Waals surface area contributed by atoms with Crippen molar-refractivity contribution in [1.29, 1.82) is 0 Å². The summed E-state index contributed by atoms with van der Waals surface area (Å²) in [5.41, 5.74) is 0.574. The van der Waals surface area contributed by atoms with Gasteiger partial charge in [0.1, 0.15) is 5.82 Å². The fourth-order valence-corrected chi connectivity index (χ4v) is 1.59. The van der Waals surface area contributed by atoms with E-state index in [9.17, 15) is 9.18 Å². The molecule has 0 aliphatic carbocycles. The molecule has 17 heavy (non-hydrogen) atoms. The summed E-state index contributed by atoms with van der Waals surface area (Å²) in [5.74, 6) is -0.389. The fraction of sp³-hybridized carbons (Fsp3) is 0.167. The lowest BCUT2D eigenvalue weighted by Crippen LogP contribution is -2.09. The lowest BCUT2D eigenvalue weighted by atomic mass is 10.1. The Bertz CT molecular complexity index is 563. The molecule has 2 aromatic rings.